The Bertz CT molecular complexity index is 1860. The summed E-state index contributed by atoms with van der Waals surface area (Å²) in [6, 6.07) is 0. The van der Waals surface area contributed by atoms with Gasteiger partial charge in [-0.25, -0.2) is 14.4 Å². The highest BCUT2D eigenvalue weighted by Gasteiger charge is 2.63. The Morgan fingerprint density at radius 1 is 0.952 bits per heavy atom. The van der Waals surface area contributed by atoms with E-state index in [-0.39, 0.29) is 44.1 Å². The molecule has 3 fully saturated rings. The van der Waals surface area contributed by atoms with Crippen LogP contribution < -0.4 is 0 Å². The molecular weight excluding hydrogens is 824 g/mol. The molecule has 5 aliphatic rings. The van der Waals surface area contributed by atoms with E-state index in [4.69, 9.17) is 37.9 Å². The molecule has 3 saturated heterocycles. The zero-order chi connectivity index (χ0) is 46.5. The van der Waals surface area contributed by atoms with Gasteiger partial charge in [-0.15, -0.1) is 0 Å². The van der Waals surface area contributed by atoms with Gasteiger partial charge in [-0.3, -0.25) is 9.59 Å². The van der Waals surface area contributed by atoms with E-state index in [1.54, 1.807) is 45.9 Å². The maximum Gasteiger partial charge on any atom is 0.331 e. The van der Waals surface area contributed by atoms with Gasteiger partial charge in [0.25, 0.3) is 0 Å². The lowest BCUT2D eigenvalue weighted by atomic mass is 9.70. The molecule has 0 aromatic heterocycles. The van der Waals surface area contributed by atoms with Crippen LogP contribution in [0.4, 0.5) is 0 Å². The molecule has 5 rings (SSSR count). The van der Waals surface area contributed by atoms with Crippen LogP contribution in [0.5, 0.6) is 0 Å². The second kappa shape index (κ2) is 20.3. The summed E-state index contributed by atoms with van der Waals surface area (Å²) >= 11 is 0. The van der Waals surface area contributed by atoms with Gasteiger partial charge in [0.05, 0.1) is 49.5 Å². The van der Waals surface area contributed by atoms with Gasteiger partial charge in [-0.2, -0.15) is 0 Å². The van der Waals surface area contributed by atoms with Gasteiger partial charge in [0.1, 0.15) is 18.3 Å². The number of hydrogen-bond acceptors (Lipinski definition) is 17. The number of methoxy groups -OCH3 is 1. The van der Waals surface area contributed by atoms with Crippen molar-refractivity contribution in [3.63, 3.8) is 0 Å². The van der Waals surface area contributed by atoms with Crippen molar-refractivity contribution in [2.24, 2.45) is 10.8 Å². The standard InChI is InChI=1S/C46H64O17/c1-9-10-11-12-13-14-37(50)61-42-33-23-40(53)60-41(33)35-24-34(26(2)47)59-39(52)21-29(49)20-31-22-36(57-27(3)48)44(6,7)45(54,62-31)25-32-18-28(19-38(51)56-8)17-30(58-32)15-16-43(4,5)46(42,55)63-35/h11-16,19,23,26,29-32,34-36,41-42,47,49,54-55H,9-10,17-18,20-22,24-25H2,1-8H3/t26-,29-,30+,31-,32+,34-,35-,36+,41+,42+,45+,46-/m1/s1. The van der Waals surface area contributed by atoms with E-state index >= 15 is 0 Å². The third kappa shape index (κ3) is 11.7. The SMILES string of the molecule is CCCC=CC=CC(=O)O[C@H]1C2=CC(=O)O[C@@H]2[C@H]2C[C@H]([C@@H](C)O)OC(=O)C[C@H](O)C[C@@H]3C[C@H](OC(C)=O)C(C)(C)[C@](O)(C[C@@H]4CC(=CC(=O)OC)C[C@H](C=CC(C)(C)[C@]1(O)O2)O4)O3. The molecule has 0 amide bonds. The van der Waals surface area contributed by atoms with E-state index in [0.717, 1.165) is 25.0 Å². The first-order valence-corrected chi connectivity index (χ1v) is 21.6. The average Bonchev–Trinajstić information content (AvgIpc) is 3.58. The predicted molar refractivity (Wildman–Crippen MR) is 222 cm³/mol. The van der Waals surface area contributed by atoms with Crippen molar-refractivity contribution in [2.45, 2.75) is 179 Å². The number of carbonyl (C=O) groups is 5. The molecular formula is C46H64O17. The molecule has 0 radical (unpaired) electrons. The van der Waals surface area contributed by atoms with Crippen LogP contribution in [-0.4, -0.2) is 130 Å². The zero-order valence-electron chi connectivity index (χ0n) is 37.4. The molecule has 4 N–H and O–H groups in total. The minimum atomic E-state index is -2.47. The van der Waals surface area contributed by atoms with Crippen LogP contribution in [0.15, 0.2) is 59.8 Å². The fraction of sp³-hybridized carbons (Fsp3) is 0.674. The van der Waals surface area contributed by atoms with Crippen molar-refractivity contribution in [2.75, 3.05) is 7.11 Å². The number of cyclic esters (lactones) is 1. The minimum absolute atomic E-state index is 0.0667. The van der Waals surface area contributed by atoms with Crippen molar-refractivity contribution in [1.82, 2.24) is 0 Å². The molecule has 17 heteroatoms. The van der Waals surface area contributed by atoms with Crippen molar-refractivity contribution < 1.29 is 82.3 Å². The number of fused-ring (bicyclic) bond motifs is 8. The average molecular weight is 889 g/mol. The highest BCUT2D eigenvalue weighted by Crippen LogP contribution is 2.51. The van der Waals surface area contributed by atoms with E-state index in [1.165, 1.54) is 33.1 Å². The summed E-state index contributed by atoms with van der Waals surface area (Å²) in [5.74, 6) is -8.33. The van der Waals surface area contributed by atoms with Gasteiger partial charge >= 0.3 is 29.8 Å². The molecule has 5 aliphatic heterocycles. The highest BCUT2D eigenvalue weighted by molar-refractivity contribution is 5.87. The van der Waals surface area contributed by atoms with Gasteiger partial charge in [0.2, 0.25) is 5.79 Å². The molecule has 63 heavy (non-hydrogen) atoms. The maximum atomic E-state index is 13.4. The van der Waals surface area contributed by atoms with Crippen LogP contribution in [0.3, 0.4) is 0 Å². The Labute approximate surface area is 368 Å². The molecule has 0 spiro atoms. The summed E-state index contributed by atoms with van der Waals surface area (Å²) in [5.41, 5.74) is -2.09. The van der Waals surface area contributed by atoms with E-state index < -0.39 is 120 Å². The summed E-state index contributed by atoms with van der Waals surface area (Å²) in [7, 11) is 1.24. The van der Waals surface area contributed by atoms with E-state index in [2.05, 4.69) is 0 Å². The molecule has 0 saturated carbocycles. The molecule has 0 unspecified atom stereocenters. The number of aliphatic hydroxyl groups is 4. The Hall–Kier alpha value is -4.23. The number of allylic oxidation sites excluding steroid dienone is 3. The van der Waals surface area contributed by atoms with Crippen LogP contribution in [-0.2, 0) is 61.9 Å². The molecule has 0 aromatic rings. The number of hydrogen-bond donors (Lipinski definition) is 4. The summed E-state index contributed by atoms with van der Waals surface area (Å²) in [6.07, 6.45) is 1.01. The Balaban J connectivity index is 1.62. The van der Waals surface area contributed by atoms with Crippen LogP contribution in [0.2, 0.25) is 0 Å². The molecule has 5 heterocycles. The smallest absolute Gasteiger partial charge is 0.331 e. The first kappa shape index (κ1) is 49.8. The van der Waals surface area contributed by atoms with E-state index in [9.17, 15) is 44.4 Å². The van der Waals surface area contributed by atoms with Gasteiger partial charge in [-0.1, -0.05) is 77.0 Å². The number of unbranched alkanes of at least 4 members (excludes halogenated alkanes) is 1. The van der Waals surface area contributed by atoms with Gasteiger partial charge in [0, 0.05) is 61.8 Å². The molecule has 350 valence electrons. The fourth-order valence-electron chi connectivity index (χ4n) is 8.79. The number of aliphatic hydroxyl groups excluding tert-OH is 2. The van der Waals surface area contributed by atoms with Crippen molar-refractivity contribution in [3.05, 3.63) is 59.8 Å². The fourth-order valence-corrected chi connectivity index (χ4v) is 8.79. The highest BCUT2D eigenvalue weighted by atomic mass is 16.7. The van der Waals surface area contributed by atoms with Crippen LogP contribution in [0.25, 0.3) is 0 Å². The van der Waals surface area contributed by atoms with Crippen molar-refractivity contribution in [3.8, 4) is 0 Å². The Kier molecular flexibility index (Phi) is 16.0. The molecule has 6 bridgehead atoms. The first-order chi connectivity index (χ1) is 29.5. The number of carbonyl (C=O) groups excluding carboxylic acids is 5. The lowest BCUT2D eigenvalue weighted by molar-refractivity contribution is -0.348. The number of ether oxygens (including phenoxy) is 8. The van der Waals surface area contributed by atoms with E-state index in [1.807, 2.05) is 13.0 Å². The summed E-state index contributed by atoms with van der Waals surface area (Å²) < 4.78 is 47.3. The molecule has 0 aliphatic carbocycles. The molecule has 12 atom stereocenters. The second-order valence-electron chi connectivity index (χ2n) is 18.2. The largest absolute Gasteiger partial charge is 0.466 e. The Morgan fingerprint density at radius 2 is 1.68 bits per heavy atom. The third-order valence-corrected chi connectivity index (χ3v) is 12.5. The maximum absolute atomic E-state index is 13.4. The van der Waals surface area contributed by atoms with E-state index in [0.29, 0.717) is 5.57 Å². The monoisotopic (exact) mass is 888 g/mol. The summed E-state index contributed by atoms with van der Waals surface area (Å²) in [6.45, 7) is 11.2. The van der Waals surface area contributed by atoms with Crippen LogP contribution >= 0.6 is 0 Å². The summed E-state index contributed by atoms with van der Waals surface area (Å²) in [4.78, 5) is 64.7. The second-order valence-corrected chi connectivity index (χ2v) is 18.2. The third-order valence-electron chi connectivity index (χ3n) is 12.5. The van der Waals surface area contributed by atoms with Gasteiger partial charge in [-0.05, 0) is 26.2 Å². The first-order valence-electron chi connectivity index (χ1n) is 21.6. The van der Waals surface area contributed by atoms with Gasteiger partial charge in [0.15, 0.2) is 18.0 Å². The summed E-state index contributed by atoms with van der Waals surface area (Å²) in [5, 5.41) is 47.5. The number of rotatable bonds is 8. The van der Waals surface area contributed by atoms with Crippen LogP contribution in [0, 0.1) is 10.8 Å². The molecule has 0 aromatic carbocycles. The molecule has 17 nitrogen and oxygen atoms in total. The number of esters is 5. The normalized spacial score (nSPS) is 37.0. The zero-order valence-corrected chi connectivity index (χ0v) is 37.4. The van der Waals surface area contributed by atoms with Crippen molar-refractivity contribution in [1.29, 1.82) is 0 Å². The predicted octanol–water partition coefficient (Wildman–Crippen LogP) is 3.64. The van der Waals surface area contributed by atoms with Gasteiger partial charge < -0.3 is 58.3 Å². The topological polar surface area (TPSA) is 240 Å². The minimum Gasteiger partial charge on any atom is -0.466 e. The lowest BCUT2D eigenvalue weighted by Gasteiger charge is -2.53. The Morgan fingerprint density at radius 3 is 2.35 bits per heavy atom. The lowest BCUT2D eigenvalue weighted by Crippen LogP contribution is -2.65. The quantitative estimate of drug-likeness (QED) is 0.0894. The van der Waals surface area contributed by atoms with Crippen LogP contribution in [0.1, 0.15) is 106 Å². The van der Waals surface area contributed by atoms with Crippen molar-refractivity contribution >= 4 is 29.8 Å².